The second-order valence-corrected chi connectivity index (χ2v) is 9.14. The number of aromatic nitrogens is 3. The first-order valence-electron chi connectivity index (χ1n) is 11.1. The first kappa shape index (κ1) is 22.7. The number of thioether (sulfide) groups is 1. The van der Waals surface area contributed by atoms with E-state index in [1.165, 1.54) is 43.0 Å². The second-order valence-electron chi connectivity index (χ2n) is 8.20. The van der Waals surface area contributed by atoms with Crippen molar-refractivity contribution in [3.63, 3.8) is 0 Å². The summed E-state index contributed by atoms with van der Waals surface area (Å²) < 4.78 is 7.93. The van der Waals surface area contributed by atoms with E-state index in [9.17, 15) is 4.79 Å². The molecule has 1 heterocycles. The minimum atomic E-state index is 0.0839. The van der Waals surface area contributed by atoms with Gasteiger partial charge < -0.3 is 14.6 Å². The van der Waals surface area contributed by atoms with E-state index in [2.05, 4.69) is 48.4 Å². The SMILES string of the molecule is CCn1c(COc2ccc(C(C)C)cc2)nnc1SCC(=O)NC1CCCCCC1. The van der Waals surface area contributed by atoms with Gasteiger partial charge in [-0.2, -0.15) is 0 Å². The largest absolute Gasteiger partial charge is 0.486 e. The van der Waals surface area contributed by atoms with E-state index in [0.29, 0.717) is 24.3 Å². The van der Waals surface area contributed by atoms with E-state index >= 15 is 0 Å². The third kappa shape index (κ3) is 6.49. The van der Waals surface area contributed by atoms with Crippen LogP contribution in [0, 0.1) is 0 Å². The number of carbonyl (C=O) groups is 1. The molecule has 0 aliphatic heterocycles. The molecule has 1 aliphatic carbocycles. The van der Waals surface area contributed by atoms with Gasteiger partial charge in [0.2, 0.25) is 5.91 Å². The van der Waals surface area contributed by atoms with Crippen LogP contribution in [0.2, 0.25) is 0 Å². The Bertz CT molecular complexity index is 796. The highest BCUT2D eigenvalue weighted by Gasteiger charge is 2.17. The first-order chi connectivity index (χ1) is 14.6. The predicted octanol–water partition coefficient (Wildman–Crippen LogP) is 4.93. The van der Waals surface area contributed by atoms with Crippen LogP contribution in [-0.2, 0) is 17.9 Å². The summed E-state index contributed by atoms with van der Waals surface area (Å²) in [5.74, 6) is 2.55. The zero-order valence-electron chi connectivity index (χ0n) is 18.4. The smallest absolute Gasteiger partial charge is 0.230 e. The van der Waals surface area contributed by atoms with Crippen LogP contribution in [0.3, 0.4) is 0 Å². The lowest BCUT2D eigenvalue weighted by Crippen LogP contribution is -2.35. The molecule has 0 unspecified atom stereocenters. The van der Waals surface area contributed by atoms with Gasteiger partial charge in [0.1, 0.15) is 12.4 Å². The summed E-state index contributed by atoms with van der Waals surface area (Å²) in [5, 5.41) is 12.5. The molecular formula is C23H34N4O2S. The molecule has 3 rings (SSSR count). The van der Waals surface area contributed by atoms with Crippen molar-refractivity contribution in [1.82, 2.24) is 20.1 Å². The number of hydrogen-bond donors (Lipinski definition) is 1. The number of hydrogen-bond acceptors (Lipinski definition) is 5. The molecule has 1 aromatic heterocycles. The predicted molar refractivity (Wildman–Crippen MR) is 121 cm³/mol. The van der Waals surface area contributed by atoms with Crippen molar-refractivity contribution in [1.29, 1.82) is 0 Å². The fourth-order valence-electron chi connectivity index (χ4n) is 3.77. The molecule has 1 amide bonds. The normalized spacial score (nSPS) is 15.2. The average molecular weight is 431 g/mol. The van der Waals surface area contributed by atoms with Crippen molar-refractivity contribution < 1.29 is 9.53 Å². The maximum Gasteiger partial charge on any atom is 0.230 e. The molecule has 164 valence electrons. The molecule has 1 fully saturated rings. The highest BCUT2D eigenvalue weighted by atomic mass is 32.2. The Morgan fingerprint density at radius 2 is 1.87 bits per heavy atom. The van der Waals surface area contributed by atoms with Crippen molar-refractivity contribution in [3.8, 4) is 5.75 Å². The van der Waals surface area contributed by atoms with Gasteiger partial charge in [-0.3, -0.25) is 4.79 Å². The topological polar surface area (TPSA) is 69.0 Å². The summed E-state index contributed by atoms with van der Waals surface area (Å²) in [6.45, 7) is 7.51. The van der Waals surface area contributed by atoms with Gasteiger partial charge in [-0.15, -0.1) is 10.2 Å². The Kier molecular flexibility index (Phi) is 8.61. The molecule has 1 aliphatic rings. The lowest BCUT2D eigenvalue weighted by molar-refractivity contribution is -0.119. The number of nitrogens with zero attached hydrogens (tertiary/aromatic N) is 3. The number of benzene rings is 1. The van der Waals surface area contributed by atoms with Crippen molar-refractivity contribution >= 4 is 17.7 Å². The van der Waals surface area contributed by atoms with Crippen LogP contribution in [0.25, 0.3) is 0 Å². The van der Waals surface area contributed by atoms with Crippen LogP contribution in [0.1, 0.15) is 76.6 Å². The summed E-state index contributed by atoms with van der Waals surface area (Å²) in [6.07, 6.45) is 7.20. The molecule has 1 aromatic carbocycles. The fraction of sp³-hybridized carbons (Fsp3) is 0.609. The highest BCUT2D eigenvalue weighted by molar-refractivity contribution is 7.99. The Labute approximate surface area is 184 Å². The van der Waals surface area contributed by atoms with Crippen molar-refractivity contribution in [2.75, 3.05) is 5.75 Å². The standard InChI is InChI=1S/C23H34N4O2S/c1-4-27-21(15-29-20-13-11-18(12-14-20)17(2)3)25-26-23(27)30-16-22(28)24-19-9-7-5-6-8-10-19/h11-14,17,19H,4-10,15-16H2,1-3H3,(H,24,28). The van der Waals surface area contributed by atoms with Crippen LogP contribution < -0.4 is 10.1 Å². The van der Waals surface area contributed by atoms with E-state index in [4.69, 9.17) is 4.74 Å². The first-order valence-corrected chi connectivity index (χ1v) is 12.1. The summed E-state index contributed by atoms with van der Waals surface area (Å²) in [5.41, 5.74) is 1.29. The molecule has 0 saturated heterocycles. The molecule has 0 radical (unpaired) electrons. The Morgan fingerprint density at radius 1 is 1.17 bits per heavy atom. The maximum atomic E-state index is 12.4. The van der Waals surface area contributed by atoms with Gasteiger partial charge in [-0.1, -0.05) is 63.4 Å². The quantitative estimate of drug-likeness (QED) is 0.451. The monoisotopic (exact) mass is 430 g/mol. The van der Waals surface area contributed by atoms with Crippen molar-refractivity contribution in [2.45, 2.75) is 89.6 Å². The van der Waals surface area contributed by atoms with Crippen LogP contribution >= 0.6 is 11.8 Å². The molecule has 6 nitrogen and oxygen atoms in total. The van der Waals surface area contributed by atoms with Gasteiger partial charge in [-0.05, 0) is 43.4 Å². The Balaban J connectivity index is 1.51. The molecule has 0 spiro atoms. The van der Waals surface area contributed by atoms with Crippen LogP contribution in [0.4, 0.5) is 0 Å². The summed E-state index contributed by atoms with van der Waals surface area (Å²) >= 11 is 1.44. The fourth-order valence-corrected chi connectivity index (χ4v) is 4.60. The number of nitrogens with one attached hydrogen (secondary N) is 1. The van der Waals surface area contributed by atoms with Gasteiger partial charge in [-0.25, -0.2) is 0 Å². The van der Waals surface area contributed by atoms with E-state index in [1.807, 2.05) is 16.7 Å². The molecule has 2 aromatic rings. The number of carbonyl (C=O) groups excluding carboxylic acids is 1. The van der Waals surface area contributed by atoms with Crippen LogP contribution in [-0.4, -0.2) is 32.5 Å². The molecule has 30 heavy (non-hydrogen) atoms. The third-order valence-electron chi connectivity index (χ3n) is 5.58. The van der Waals surface area contributed by atoms with Gasteiger partial charge >= 0.3 is 0 Å². The number of amides is 1. The van der Waals surface area contributed by atoms with Gasteiger partial charge in [0, 0.05) is 12.6 Å². The van der Waals surface area contributed by atoms with Gasteiger partial charge in [0.25, 0.3) is 0 Å². The summed E-state index contributed by atoms with van der Waals surface area (Å²) in [7, 11) is 0. The molecule has 1 saturated carbocycles. The van der Waals surface area contributed by atoms with E-state index in [0.717, 1.165) is 36.1 Å². The number of rotatable bonds is 9. The maximum absolute atomic E-state index is 12.4. The lowest BCUT2D eigenvalue weighted by Gasteiger charge is -2.16. The van der Waals surface area contributed by atoms with Crippen molar-refractivity contribution in [2.24, 2.45) is 0 Å². The molecular weight excluding hydrogens is 396 g/mol. The number of ether oxygens (including phenoxy) is 1. The van der Waals surface area contributed by atoms with Gasteiger partial charge in [0.15, 0.2) is 11.0 Å². The minimum absolute atomic E-state index is 0.0839. The van der Waals surface area contributed by atoms with E-state index in [1.54, 1.807) is 0 Å². The molecule has 0 bridgehead atoms. The van der Waals surface area contributed by atoms with Crippen molar-refractivity contribution in [3.05, 3.63) is 35.7 Å². The summed E-state index contributed by atoms with van der Waals surface area (Å²) in [4.78, 5) is 12.4. The zero-order chi connectivity index (χ0) is 21.3. The Morgan fingerprint density at radius 3 is 2.50 bits per heavy atom. The average Bonchev–Trinajstić information content (AvgIpc) is 2.96. The van der Waals surface area contributed by atoms with E-state index < -0.39 is 0 Å². The molecule has 7 heteroatoms. The van der Waals surface area contributed by atoms with Crippen LogP contribution in [0.5, 0.6) is 5.75 Å². The lowest BCUT2D eigenvalue weighted by atomic mass is 10.0. The third-order valence-corrected chi connectivity index (χ3v) is 6.54. The van der Waals surface area contributed by atoms with E-state index in [-0.39, 0.29) is 5.91 Å². The molecule has 0 atom stereocenters. The van der Waals surface area contributed by atoms with Gasteiger partial charge in [0.05, 0.1) is 5.75 Å². The molecule has 1 N–H and O–H groups in total. The van der Waals surface area contributed by atoms with Crippen LogP contribution in [0.15, 0.2) is 29.4 Å². The zero-order valence-corrected chi connectivity index (χ0v) is 19.2. The minimum Gasteiger partial charge on any atom is -0.486 e. The second kappa shape index (κ2) is 11.4. The summed E-state index contributed by atoms with van der Waals surface area (Å²) in [6, 6.07) is 8.51. The Hall–Kier alpha value is -2.02. The highest BCUT2D eigenvalue weighted by Crippen LogP contribution is 2.22.